The second-order valence-corrected chi connectivity index (χ2v) is 7.37. The molecule has 0 saturated heterocycles. The zero-order valence-corrected chi connectivity index (χ0v) is 16.6. The van der Waals surface area contributed by atoms with Crippen molar-refractivity contribution in [3.05, 3.63) is 72.1 Å². The monoisotopic (exact) mass is 396 g/mol. The van der Waals surface area contributed by atoms with Crippen molar-refractivity contribution in [3.8, 4) is 11.4 Å². The van der Waals surface area contributed by atoms with Gasteiger partial charge in [-0.1, -0.05) is 23.9 Å². The molecule has 3 rings (SSSR count). The molecule has 144 valence electrons. The third-order valence-electron chi connectivity index (χ3n) is 3.97. The fourth-order valence-corrected chi connectivity index (χ4v) is 3.62. The van der Waals surface area contributed by atoms with E-state index in [4.69, 9.17) is 0 Å². The van der Waals surface area contributed by atoms with E-state index in [9.17, 15) is 9.18 Å². The fourth-order valence-electron chi connectivity index (χ4n) is 2.88. The van der Waals surface area contributed by atoms with E-state index in [1.807, 2.05) is 30.5 Å². The average molecular weight is 396 g/mol. The minimum absolute atomic E-state index is 0.119. The van der Waals surface area contributed by atoms with Crippen molar-refractivity contribution in [3.63, 3.8) is 0 Å². The topological polar surface area (TPSA) is 59.8 Å². The first-order valence-corrected chi connectivity index (χ1v) is 9.76. The van der Waals surface area contributed by atoms with E-state index in [0.717, 1.165) is 22.4 Å². The van der Waals surface area contributed by atoms with Gasteiger partial charge in [-0.05, 0) is 61.4 Å². The van der Waals surface area contributed by atoms with Crippen LogP contribution in [-0.2, 0) is 11.3 Å². The van der Waals surface area contributed by atoms with Gasteiger partial charge in [-0.3, -0.25) is 9.36 Å². The summed E-state index contributed by atoms with van der Waals surface area (Å²) >= 11 is 1.30. The zero-order chi connectivity index (χ0) is 20.1. The first-order valence-electron chi connectivity index (χ1n) is 8.77. The quantitative estimate of drug-likeness (QED) is 0.468. The molecule has 1 N–H and O–H groups in total. The maximum Gasteiger partial charge on any atom is 0.234 e. The first kappa shape index (κ1) is 19.8. The number of aromatic nitrogens is 3. The molecule has 0 unspecified atom stereocenters. The predicted octanol–water partition coefficient (Wildman–Crippen LogP) is 4.62. The Morgan fingerprint density at radius 2 is 1.86 bits per heavy atom. The molecule has 0 saturated carbocycles. The number of benzene rings is 2. The van der Waals surface area contributed by atoms with Gasteiger partial charge in [0.25, 0.3) is 0 Å². The molecule has 7 heteroatoms. The number of halogens is 1. The number of anilines is 1. The number of carbonyl (C=O) groups excluding carboxylic acids is 1. The van der Waals surface area contributed by atoms with Gasteiger partial charge in [0.15, 0.2) is 11.0 Å². The van der Waals surface area contributed by atoms with Gasteiger partial charge in [-0.25, -0.2) is 4.39 Å². The van der Waals surface area contributed by atoms with Crippen LogP contribution in [0.15, 0.2) is 60.3 Å². The Bertz CT molecular complexity index is 978. The van der Waals surface area contributed by atoms with E-state index in [1.165, 1.54) is 23.9 Å². The number of hydrogen-bond donors (Lipinski definition) is 1. The smallest absolute Gasteiger partial charge is 0.234 e. The summed E-state index contributed by atoms with van der Waals surface area (Å²) in [5, 5.41) is 11.9. The lowest BCUT2D eigenvalue weighted by Gasteiger charge is -2.09. The predicted molar refractivity (Wildman–Crippen MR) is 111 cm³/mol. The molecule has 28 heavy (non-hydrogen) atoms. The highest BCUT2D eigenvalue weighted by atomic mass is 32.2. The van der Waals surface area contributed by atoms with Gasteiger partial charge < -0.3 is 5.32 Å². The third kappa shape index (κ3) is 4.86. The molecule has 0 fully saturated rings. The van der Waals surface area contributed by atoms with E-state index >= 15 is 0 Å². The molecule has 0 radical (unpaired) electrons. The minimum atomic E-state index is -0.309. The van der Waals surface area contributed by atoms with Crippen LogP contribution in [0.1, 0.15) is 11.1 Å². The molecular formula is C21H21FN4OS. The SMILES string of the molecule is C=CCn1c(SCC(=O)Nc2cc(C)cc(C)c2)nnc1-c1ccc(F)cc1. The van der Waals surface area contributed by atoms with Gasteiger partial charge in [0.2, 0.25) is 5.91 Å². The highest BCUT2D eigenvalue weighted by Crippen LogP contribution is 2.24. The van der Waals surface area contributed by atoms with Crippen molar-refractivity contribution in [1.29, 1.82) is 0 Å². The van der Waals surface area contributed by atoms with Crippen molar-refractivity contribution in [1.82, 2.24) is 14.8 Å². The molecule has 3 aromatic rings. The standard InChI is InChI=1S/C21H21FN4OS/c1-4-9-26-20(16-5-7-17(22)8-6-16)24-25-21(26)28-13-19(27)23-18-11-14(2)10-15(3)12-18/h4-8,10-12H,1,9,13H2,2-3H3,(H,23,27). The van der Waals surface area contributed by atoms with Crippen LogP contribution in [0, 0.1) is 19.7 Å². The fraction of sp³-hybridized carbons (Fsp3) is 0.190. The van der Waals surface area contributed by atoms with Crippen LogP contribution in [0.2, 0.25) is 0 Å². The van der Waals surface area contributed by atoms with Gasteiger partial charge in [-0.15, -0.1) is 16.8 Å². The van der Waals surface area contributed by atoms with Crippen LogP contribution >= 0.6 is 11.8 Å². The zero-order valence-electron chi connectivity index (χ0n) is 15.8. The molecule has 1 aromatic heterocycles. The Morgan fingerprint density at radius 3 is 2.50 bits per heavy atom. The summed E-state index contributed by atoms with van der Waals surface area (Å²) in [5.74, 6) is 0.380. The number of thioether (sulfide) groups is 1. The number of hydrogen-bond acceptors (Lipinski definition) is 4. The summed E-state index contributed by atoms with van der Waals surface area (Å²) in [6.07, 6.45) is 1.73. The number of rotatable bonds is 7. The third-order valence-corrected chi connectivity index (χ3v) is 4.94. The van der Waals surface area contributed by atoms with E-state index in [-0.39, 0.29) is 17.5 Å². The van der Waals surface area contributed by atoms with Gasteiger partial charge in [0.05, 0.1) is 5.75 Å². The Labute approximate surface area is 167 Å². The van der Waals surface area contributed by atoms with E-state index in [2.05, 4.69) is 28.2 Å². The Morgan fingerprint density at radius 1 is 1.18 bits per heavy atom. The molecular weight excluding hydrogens is 375 g/mol. The molecule has 0 spiro atoms. The van der Waals surface area contributed by atoms with Crippen molar-refractivity contribution in [2.24, 2.45) is 0 Å². The summed E-state index contributed by atoms with van der Waals surface area (Å²) in [6, 6.07) is 12.0. The normalized spacial score (nSPS) is 10.7. The Kier molecular flexibility index (Phi) is 6.26. The summed E-state index contributed by atoms with van der Waals surface area (Å²) in [4.78, 5) is 12.3. The Hall–Kier alpha value is -2.93. The number of aryl methyl sites for hydroxylation is 2. The van der Waals surface area contributed by atoms with E-state index in [0.29, 0.717) is 17.5 Å². The highest BCUT2D eigenvalue weighted by molar-refractivity contribution is 7.99. The molecule has 0 atom stereocenters. The second-order valence-electron chi connectivity index (χ2n) is 6.43. The average Bonchev–Trinajstić information content (AvgIpc) is 3.03. The van der Waals surface area contributed by atoms with Crippen molar-refractivity contribution >= 4 is 23.4 Å². The van der Waals surface area contributed by atoms with Crippen LogP contribution in [0.3, 0.4) is 0 Å². The van der Waals surface area contributed by atoms with Crippen LogP contribution in [0.25, 0.3) is 11.4 Å². The van der Waals surface area contributed by atoms with Crippen molar-refractivity contribution in [2.75, 3.05) is 11.1 Å². The molecule has 1 heterocycles. The molecule has 1 amide bonds. The lowest BCUT2D eigenvalue weighted by Crippen LogP contribution is -2.15. The summed E-state index contributed by atoms with van der Waals surface area (Å²) in [5.41, 5.74) is 3.72. The number of allylic oxidation sites excluding steroid dienone is 1. The summed E-state index contributed by atoms with van der Waals surface area (Å²) in [6.45, 7) is 8.24. The summed E-state index contributed by atoms with van der Waals surface area (Å²) in [7, 11) is 0. The molecule has 0 aliphatic rings. The largest absolute Gasteiger partial charge is 0.325 e. The van der Waals surface area contributed by atoms with Crippen LogP contribution in [0.5, 0.6) is 0 Å². The van der Waals surface area contributed by atoms with Crippen LogP contribution in [-0.4, -0.2) is 26.4 Å². The van der Waals surface area contributed by atoms with Gasteiger partial charge in [0, 0.05) is 17.8 Å². The lowest BCUT2D eigenvalue weighted by molar-refractivity contribution is -0.113. The van der Waals surface area contributed by atoms with E-state index in [1.54, 1.807) is 18.2 Å². The molecule has 0 aliphatic carbocycles. The maximum absolute atomic E-state index is 13.2. The lowest BCUT2D eigenvalue weighted by atomic mass is 10.1. The second kappa shape index (κ2) is 8.84. The maximum atomic E-state index is 13.2. The highest BCUT2D eigenvalue weighted by Gasteiger charge is 2.15. The van der Waals surface area contributed by atoms with E-state index < -0.39 is 0 Å². The van der Waals surface area contributed by atoms with Crippen LogP contribution in [0.4, 0.5) is 10.1 Å². The molecule has 0 bridgehead atoms. The van der Waals surface area contributed by atoms with Gasteiger partial charge >= 0.3 is 0 Å². The van der Waals surface area contributed by atoms with Gasteiger partial charge in [0.1, 0.15) is 5.82 Å². The molecule has 5 nitrogen and oxygen atoms in total. The molecule has 2 aromatic carbocycles. The summed E-state index contributed by atoms with van der Waals surface area (Å²) < 4.78 is 15.0. The van der Waals surface area contributed by atoms with Crippen molar-refractivity contribution < 1.29 is 9.18 Å². The van der Waals surface area contributed by atoms with Crippen molar-refractivity contribution in [2.45, 2.75) is 25.5 Å². The van der Waals surface area contributed by atoms with Crippen LogP contribution < -0.4 is 5.32 Å². The first-order chi connectivity index (χ1) is 13.5. The Balaban J connectivity index is 1.72. The minimum Gasteiger partial charge on any atom is -0.325 e. The number of nitrogens with zero attached hydrogens (tertiary/aromatic N) is 3. The molecule has 0 aliphatic heterocycles. The number of amides is 1. The number of carbonyl (C=O) groups is 1. The number of nitrogens with one attached hydrogen (secondary N) is 1. The van der Waals surface area contributed by atoms with Gasteiger partial charge in [-0.2, -0.15) is 0 Å².